The molecule has 0 fully saturated rings. The molecule has 1 N–H and O–H groups in total. The molecular weight excluding hydrogens is 324 g/mol. The minimum Gasteiger partial charge on any atom is -0.324 e. The van der Waals surface area contributed by atoms with Gasteiger partial charge in [0.1, 0.15) is 0 Å². The molecular formula is C21H20N4O. The van der Waals surface area contributed by atoms with Crippen molar-refractivity contribution in [3.63, 3.8) is 0 Å². The average molecular weight is 344 g/mol. The number of nitrogens with one attached hydrogen (secondary N) is 1. The van der Waals surface area contributed by atoms with Gasteiger partial charge in [-0.05, 0) is 55.2 Å². The van der Waals surface area contributed by atoms with Gasteiger partial charge >= 0.3 is 0 Å². The van der Waals surface area contributed by atoms with Crippen molar-refractivity contribution in [1.82, 2.24) is 10.2 Å². The summed E-state index contributed by atoms with van der Waals surface area (Å²) >= 11 is 0. The highest BCUT2D eigenvalue weighted by Gasteiger charge is 2.21. The Balaban J connectivity index is 1.54. The van der Waals surface area contributed by atoms with Gasteiger partial charge < -0.3 is 10.2 Å². The summed E-state index contributed by atoms with van der Waals surface area (Å²) in [6.45, 7) is 4.83. The van der Waals surface area contributed by atoms with E-state index in [9.17, 15) is 4.79 Å². The number of para-hydroxylation sites is 2. The van der Waals surface area contributed by atoms with E-state index < -0.39 is 0 Å². The summed E-state index contributed by atoms with van der Waals surface area (Å²) in [5, 5.41) is 11.4. The summed E-state index contributed by atoms with van der Waals surface area (Å²) in [4.78, 5) is 14.7. The van der Waals surface area contributed by atoms with E-state index >= 15 is 0 Å². The second kappa shape index (κ2) is 6.59. The van der Waals surface area contributed by atoms with Crippen molar-refractivity contribution in [2.45, 2.75) is 20.3 Å². The number of aromatic nitrogens is 2. The molecule has 1 amide bonds. The van der Waals surface area contributed by atoms with Gasteiger partial charge in [-0.2, -0.15) is 0 Å². The van der Waals surface area contributed by atoms with Crippen LogP contribution in [-0.4, -0.2) is 22.6 Å². The highest BCUT2D eigenvalue weighted by molar-refractivity contribution is 6.03. The van der Waals surface area contributed by atoms with Crippen molar-refractivity contribution in [3.8, 4) is 0 Å². The van der Waals surface area contributed by atoms with E-state index in [0.29, 0.717) is 5.69 Å². The van der Waals surface area contributed by atoms with Gasteiger partial charge in [0.2, 0.25) is 0 Å². The molecule has 0 saturated carbocycles. The molecule has 3 aromatic rings. The number of benzene rings is 2. The topological polar surface area (TPSA) is 58.1 Å². The van der Waals surface area contributed by atoms with E-state index in [2.05, 4.69) is 38.6 Å². The summed E-state index contributed by atoms with van der Waals surface area (Å²) in [5.41, 5.74) is 5.66. The fourth-order valence-electron chi connectivity index (χ4n) is 3.36. The Morgan fingerprint density at radius 2 is 1.73 bits per heavy atom. The third-order valence-corrected chi connectivity index (χ3v) is 4.77. The Kier molecular flexibility index (Phi) is 4.13. The Bertz CT molecular complexity index is 946. The largest absolute Gasteiger partial charge is 0.324 e. The van der Waals surface area contributed by atoms with Crippen LogP contribution < -0.4 is 10.2 Å². The lowest BCUT2D eigenvalue weighted by molar-refractivity contribution is 0.102. The molecule has 0 aliphatic carbocycles. The third kappa shape index (κ3) is 2.92. The Labute approximate surface area is 152 Å². The monoisotopic (exact) mass is 344 g/mol. The third-order valence-electron chi connectivity index (χ3n) is 4.77. The lowest BCUT2D eigenvalue weighted by Crippen LogP contribution is -2.19. The van der Waals surface area contributed by atoms with Crippen molar-refractivity contribution in [2.75, 3.05) is 16.8 Å². The van der Waals surface area contributed by atoms with Gasteiger partial charge in [0, 0.05) is 17.9 Å². The molecule has 2 heterocycles. The predicted molar refractivity (Wildman–Crippen MR) is 103 cm³/mol. The van der Waals surface area contributed by atoms with Crippen molar-refractivity contribution in [3.05, 3.63) is 77.0 Å². The Hall–Kier alpha value is -3.21. The molecule has 0 unspecified atom stereocenters. The highest BCUT2D eigenvalue weighted by atomic mass is 16.1. The SMILES string of the molecule is Cc1cccc(C)c1NC(=O)c1ccc(N2CCc3ccccc32)nn1. The number of carbonyl (C=O) groups is 1. The van der Waals surface area contributed by atoms with E-state index in [1.807, 2.05) is 44.2 Å². The number of carbonyl (C=O) groups excluding carboxylic acids is 1. The van der Waals surface area contributed by atoms with E-state index in [1.165, 1.54) is 5.56 Å². The molecule has 0 spiro atoms. The van der Waals surface area contributed by atoms with Crippen LogP contribution in [0.5, 0.6) is 0 Å². The standard InChI is InChI=1S/C21H20N4O/c1-14-6-5-7-15(2)20(14)22-21(26)17-10-11-19(24-23-17)25-13-12-16-8-3-4-9-18(16)25/h3-11H,12-13H2,1-2H3,(H,22,26). The Morgan fingerprint density at radius 1 is 0.962 bits per heavy atom. The van der Waals surface area contributed by atoms with Gasteiger partial charge in [0.25, 0.3) is 5.91 Å². The minimum atomic E-state index is -0.247. The zero-order valence-electron chi connectivity index (χ0n) is 14.9. The number of hydrogen-bond donors (Lipinski definition) is 1. The van der Waals surface area contributed by atoms with Crippen LogP contribution in [0.1, 0.15) is 27.2 Å². The number of rotatable bonds is 3. The highest BCUT2D eigenvalue weighted by Crippen LogP contribution is 2.32. The normalized spacial score (nSPS) is 12.8. The molecule has 0 atom stereocenters. The van der Waals surface area contributed by atoms with Crippen LogP contribution in [0.3, 0.4) is 0 Å². The van der Waals surface area contributed by atoms with E-state index in [0.717, 1.165) is 41.3 Å². The van der Waals surface area contributed by atoms with E-state index in [1.54, 1.807) is 6.07 Å². The number of amides is 1. The summed E-state index contributed by atoms with van der Waals surface area (Å²) in [7, 11) is 0. The minimum absolute atomic E-state index is 0.247. The zero-order chi connectivity index (χ0) is 18.1. The summed E-state index contributed by atoms with van der Waals surface area (Å²) in [6.07, 6.45) is 0.993. The average Bonchev–Trinajstić information content (AvgIpc) is 3.09. The van der Waals surface area contributed by atoms with Crippen LogP contribution in [0, 0.1) is 13.8 Å². The predicted octanol–water partition coefficient (Wildman–Crippen LogP) is 4.04. The first kappa shape index (κ1) is 16.3. The quantitative estimate of drug-likeness (QED) is 0.779. The number of fused-ring (bicyclic) bond motifs is 1. The first-order chi connectivity index (χ1) is 12.6. The molecule has 0 saturated heterocycles. The molecule has 1 aliphatic rings. The summed E-state index contributed by atoms with van der Waals surface area (Å²) in [5.74, 6) is 0.516. The van der Waals surface area contributed by atoms with Crippen molar-refractivity contribution in [2.24, 2.45) is 0 Å². The summed E-state index contributed by atoms with van der Waals surface area (Å²) in [6, 6.07) is 17.8. The molecule has 130 valence electrons. The molecule has 26 heavy (non-hydrogen) atoms. The number of anilines is 3. The maximum absolute atomic E-state index is 12.5. The second-order valence-corrected chi connectivity index (χ2v) is 6.53. The molecule has 1 aromatic heterocycles. The number of hydrogen-bond acceptors (Lipinski definition) is 4. The maximum Gasteiger partial charge on any atom is 0.276 e. The molecule has 0 radical (unpaired) electrons. The smallest absolute Gasteiger partial charge is 0.276 e. The molecule has 4 rings (SSSR count). The Morgan fingerprint density at radius 3 is 2.46 bits per heavy atom. The fourth-order valence-corrected chi connectivity index (χ4v) is 3.36. The number of nitrogens with zero attached hydrogens (tertiary/aromatic N) is 3. The van der Waals surface area contributed by atoms with Crippen molar-refractivity contribution in [1.29, 1.82) is 0 Å². The van der Waals surface area contributed by atoms with Crippen LogP contribution in [0.4, 0.5) is 17.2 Å². The molecule has 2 aromatic carbocycles. The lowest BCUT2D eigenvalue weighted by Gasteiger charge is -2.17. The van der Waals surface area contributed by atoms with Crippen LogP contribution in [0.25, 0.3) is 0 Å². The van der Waals surface area contributed by atoms with Gasteiger partial charge in [-0.15, -0.1) is 10.2 Å². The van der Waals surface area contributed by atoms with Gasteiger partial charge in [0.05, 0.1) is 0 Å². The van der Waals surface area contributed by atoms with Crippen LogP contribution in [-0.2, 0) is 6.42 Å². The zero-order valence-corrected chi connectivity index (χ0v) is 14.9. The van der Waals surface area contributed by atoms with Crippen LogP contribution in [0.15, 0.2) is 54.6 Å². The number of aryl methyl sites for hydroxylation is 2. The van der Waals surface area contributed by atoms with Gasteiger partial charge in [0.15, 0.2) is 11.5 Å². The van der Waals surface area contributed by atoms with Gasteiger partial charge in [-0.1, -0.05) is 36.4 Å². The van der Waals surface area contributed by atoms with Crippen molar-refractivity contribution < 1.29 is 4.79 Å². The van der Waals surface area contributed by atoms with Gasteiger partial charge in [-0.3, -0.25) is 4.79 Å². The molecule has 5 heteroatoms. The summed E-state index contributed by atoms with van der Waals surface area (Å²) < 4.78 is 0. The van der Waals surface area contributed by atoms with Crippen molar-refractivity contribution >= 4 is 23.1 Å². The van der Waals surface area contributed by atoms with E-state index in [4.69, 9.17) is 0 Å². The molecule has 0 bridgehead atoms. The second-order valence-electron chi connectivity index (χ2n) is 6.53. The first-order valence-corrected chi connectivity index (χ1v) is 8.70. The molecule has 1 aliphatic heterocycles. The molecule has 5 nitrogen and oxygen atoms in total. The van der Waals surface area contributed by atoms with Gasteiger partial charge in [-0.25, -0.2) is 0 Å². The van der Waals surface area contributed by atoms with E-state index in [-0.39, 0.29) is 5.91 Å². The lowest BCUT2D eigenvalue weighted by atomic mass is 10.1. The maximum atomic E-state index is 12.5. The van der Waals surface area contributed by atoms with Crippen LogP contribution in [0.2, 0.25) is 0 Å². The fraction of sp³-hybridized carbons (Fsp3) is 0.190. The first-order valence-electron chi connectivity index (χ1n) is 8.70. The van der Waals surface area contributed by atoms with Crippen LogP contribution >= 0.6 is 0 Å².